The van der Waals surface area contributed by atoms with Crippen LogP contribution in [0.5, 0.6) is 0 Å². The molecule has 9 nitrogen and oxygen atoms in total. The molecular formula is C23H25ClN6O3S. The zero-order valence-corrected chi connectivity index (χ0v) is 20.2. The van der Waals surface area contributed by atoms with Gasteiger partial charge in [-0.25, -0.2) is 15.0 Å². The van der Waals surface area contributed by atoms with Crippen LogP contribution in [0.3, 0.4) is 0 Å². The van der Waals surface area contributed by atoms with Crippen LogP contribution < -0.4 is 10.6 Å². The number of epoxide rings is 1. The number of nitrogens with zero attached hydrogens (tertiary/aromatic N) is 4. The standard InChI is InChI=1S/C23H25ClN6O3S/c1-10-15(20-23(25-2)33-20)18(31)19(32)17(10)30-9-26-16-21(27-11-3-4-11)28-14(29-22(16)30)8-6-12-5-7-13(24)34-12/h5,7,9-11,15,17-20,23,25,31-32H,3-4H2,1-2H3,(H,27,28,29)/t10-,15-,17+,18+,19-,20?,23-/m0/s1. The highest BCUT2D eigenvalue weighted by molar-refractivity contribution is 7.16. The molecule has 6 rings (SSSR count). The van der Waals surface area contributed by atoms with Gasteiger partial charge in [-0.2, -0.15) is 0 Å². The second kappa shape index (κ2) is 8.45. The van der Waals surface area contributed by atoms with Crippen molar-refractivity contribution in [2.45, 2.75) is 56.4 Å². The van der Waals surface area contributed by atoms with Crippen LogP contribution in [0, 0.1) is 23.7 Å². The molecule has 4 heterocycles. The fourth-order valence-electron chi connectivity index (χ4n) is 5.05. The summed E-state index contributed by atoms with van der Waals surface area (Å²) < 4.78 is 8.22. The topological polar surface area (TPSA) is 121 Å². The first-order valence-electron chi connectivity index (χ1n) is 11.4. The van der Waals surface area contributed by atoms with Crippen LogP contribution >= 0.6 is 22.9 Å². The van der Waals surface area contributed by atoms with Crippen molar-refractivity contribution in [1.29, 1.82) is 0 Å². The van der Waals surface area contributed by atoms with Crippen molar-refractivity contribution >= 4 is 39.9 Å². The van der Waals surface area contributed by atoms with Gasteiger partial charge in [-0.1, -0.05) is 18.5 Å². The van der Waals surface area contributed by atoms with E-state index in [-0.39, 0.29) is 24.2 Å². The number of fused-ring (bicyclic) bond motifs is 1. The lowest BCUT2D eigenvalue weighted by Crippen LogP contribution is -2.32. The fraction of sp³-hybridized carbons (Fsp3) is 0.522. The summed E-state index contributed by atoms with van der Waals surface area (Å²) in [5.74, 6) is 6.85. The van der Waals surface area contributed by atoms with Gasteiger partial charge in [0.15, 0.2) is 17.0 Å². The van der Waals surface area contributed by atoms with E-state index in [9.17, 15) is 10.2 Å². The predicted molar refractivity (Wildman–Crippen MR) is 129 cm³/mol. The number of likely N-dealkylation sites (N-methyl/N-ethyl adjacent to an activating group) is 1. The number of aliphatic hydroxyl groups excluding tert-OH is 2. The quantitative estimate of drug-likeness (QED) is 0.310. The highest BCUT2D eigenvalue weighted by atomic mass is 35.5. The highest BCUT2D eigenvalue weighted by Gasteiger charge is 2.58. The first-order chi connectivity index (χ1) is 16.4. The Morgan fingerprint density at radius 2 is 2.03 bits per heavy atom. The maximum Gasteiger partial charge on any atom is 0.209 e. The monoisotopic (exact) mass is 500 g/mol. The number of nitrogens with one attached hydrogen (secondary N) is 2. The number of aromatic nitrogens is 4. The Hall–Kier alpha value is -2.26. The predicted octanol–water partition coefficient (Wildman–Crippen LogP) is 1.99. The molecule has 4 N–H and O–H groups in total. The number of ether oxygens (including phenoxy) is 1. The third-order valence-electron chi connectivity index (χ3n) is 6.96. The number of imidazole rings is 1. The van der Waals surface area contributed by atoms with E-state index in [1.54, 1.807) is 6.33 Å². The zero-order chi connectivity index (χ0) is 23.6. The average molecular weight is 501 g/mol. The van der Waals surface area contributed by atoms with Crippen LogP contribution in [-0.2, 0) is 4.74 Å². The number of anilines is 1. The maximum absolute atomic E-state index is 11.0. The summed E-state index contributed by atoms with van der Waals surface area (Å²) in [7, 11) is 1.83. The molecule has 0 aromatic carbocycles. The van der Waals surface area contributed by atoms with E-state index < -0.39 is 18.2 Å². The van der Waals surface area contributed by atoms with Crippen LogP contribution in [0.1, 0.15) is 36.5 Å². The lowest BCUT2D eigenvalue weighted by molar-refractivity contribution is 0.00173. The minimum atomic E-state index is -0.975. The van der Waals surface area contributed by atoms with E-state index in [1.807, 2.05) is 30.7 Å². The van der Waals surface area contributed by atoms with Gasteiger partial charge in [0.1, 0.15) is 18.4 Å². The molecule has 178 valence electrons. The molecule has 3 fully saturated rings. The second-order valence-corrected chi connectivity index (χ2v) is 10.9. The Labute approximate surface area is 205 Å². The van der Waals surface area contributed by atoms with Gasteiger partial charge in [-0.05, 0) is 49.8 Å². The first-order valence-corrected chi connectivity index (χ1v) is 12.6. The van der Waals surface area contributed by atoms with Crippen LogP contribution in [0.25, 0.3) is 11.2 Å². The number of thiophene rings is 1. The molecule has 3 aromatic heterocycles. The SMILES string of the molecule is CN[C@H]1OC1[C@H]1[C@H](C)[C@@H](n2cnc3c(NC4CC4)nc(C#Cc4ccc(Cl)s4)nc32)[C@H](O)[C@@H]1O. The van der Waals surface area contributed by atoms with Gasteiger partial charge in [0.05, 0.1) is 27.7 Å². The summed E-state index contributed by atoms with van der Waals surface area (Å²) in [5, 5.41) is 28.4. The fourth-order valence-corrected chi connectivity index (χ4v) is 5.95. The average Bonchev–Trinajstić information content (AvgIpc) is 3.69. The number of rotatable bonds is 5. The Morgan fingerprint density at radius 3 is 2.71 bits per heavy atom. The molecule has 2 saturated carbocycles. The Balaban J connectivity index is 1.40. The molecule has 1 aliphatic heterocycles. The smallest absolute Gasteiger partial charge is 0.209 e. The van der Waals surface area contributed by atoms with E-state index in [1.165, 1.54) is 11.3 Å². The Kier molecular flexibility index (Phi) is 5.52. The highest BCUT2D eigenvalue weighted by Crippen LogP contribution is 2.48. The maximum atomic E-state index is 11.0. The lowest BCUT2D eigenvalue weighted by atomic mass is 9.91. The number of aliphatic hydroxyl groups is 2. The van der Waals surface area contributed by atoms with Crippen molar-refractivity contribution in [3.05, 3.63) is 33.5 Å². The van der Waals surface area contributed by atoms with E-state index >= 15 is 0 Å². The molecule has 1 saturated heterocycles. The van der Waals surface area contributed by atoms with Gasteiger partial charge in [0.2, 0.25) is 5.82 Å². The van der Waals surface area contributed by atoms with Gasteiger partial charge in [-0.3, -0.25) is 5.32 Å². The van der Waals surface area contributed by atoms with Crippen LogP contribution in [-0.4, -0.2) is 67.4 Å². The largest absolute Gasteiger partial charge is 0.390 e. The summed E-state index contributed by atoms with van der Waals surface area (Å²) in [6, 6.07) is 3.63. The van der Waals surface area contributed by atoms with Crippen molar-refractivity contribution in [1.82, 2.24) is 24.8 Å². The minimum Gasteiger partial charge on any atom is -0.390 e. The molecule has 7 atom stereocenters. The van der Waals surface area contributed by atoms with Crippen molar-refractivity contribution in [3.63, 3.8) is 0 Å². The van der Waals surface area contributed by atoms with Crippen LogP contribution in [0.2, 0.25) is 4.34 Å². The molecular weight excluding hydrogens is 476 g/mol. The third kappa shape index (κ3) is 3.86. The molecule has 0 radical (unpaired) electrons. The molecule has 0 amide bonds. The molecule has 0 spiro atoms. The van der Waals surface area contributed by atoms with Gasteiger partial charge < -0.3 is 24.8 Å². The number of hydrogen-bond acceptors (Lipinski definition) is 9. The molecule has 0 bridgehead atoms. The zero-order valence-electron chi connectivity index (χ0n) is 18.6. The van der Waals surface area contributed by atoms with E-state index in [0.717, 1.165) is 17.7 Å². The molecule has 2 aliphatic carbocycles. The summed E-state index contributed by atoms with van der Waals surface area (Å²) in [6.07, 6.45) is 1.73. The van der Waals surface area contributed by atoms with Crippen molar-refractivity contribution < 1.29 is 14.9 Å². The van der Waals surface area contributed by atoms with Gasteiger partial charge in [0, 0.05) is 12.0 Å². The number of hydrogen-bond donors (Lipinski definition) is 4. The summed E-state index contributed by atoms with van der Waals surface area (Å²) in [5.41, 5.74) is 1.21. The van der Waals surface area contributed by atoms with Crippen molar-refractivity contribution in [3.8, 4) is 11.8 Å². The number of halogens is 1. The summed E-state index contributed by atoms with van der Waals surface area (Å²) >= 11 is 7.42. The van der Waals surface area contributed by atoms with E-state index in [2.05, 4.69) is 32.4 Å². The second-order valence-electron chi connectivity index (χ2n) is 9.21. The van der Waals surface area contributed by atoms with E-state index in [4.69, 9.17) is 21.3 Å². The lowest BCUT2D eigenvalue weighted by Gasteiger charge is -2.22. The molecule has 11 heteroatoms. The van der Waals surface area contributed by atoms with Gasteiger partial charge in [0.25, 0.3) is 0 Å². The van der Waals surface area contributed by atoms with Gasteiger partial charge in [-0.15, -0.1) is 11.3 Å². The third-order valence-corrected chi connectivity index (χ3v) is 8.11. The molecule has 34 heavy (non-hydrogen) atoms. The summed E-state index contributed by atoms with van der Waals surface area (Å²) in [6.45, 7) is 2.03. The van der Waals surface area contributed by atoms with Crippen molar-refractivity contribution in [2.24, 2.45) is 11.8 Å². The van der Waals surface area contributed by atoms with Crippen molar-refractivity contribution in [2.75, 3.05) is 12.4 Å². The molecule has 3 aromatic rings. The Bertz CT molecular complexity index is 1300. The Morgan fingerprint density at radius 1 is 1.21 bits per heavy atom. The summed E-state index contributed by atoms with van der Waals surface area (Å²) in [4.78, 5) is 14.8. The van der Waals surface area contributed by atoms with Gasteiger partial charge >= 0.3 is 0 Å². The molecule has 1 unspecified atom stereocenters. The first kappa shape index (κ1) is 22.2. The minimum absolute atomic E-state index is 0.0663. The van der Waals surface area contributed by atoms with Crippen LogP contribution in [0.15, 0.2) is 18.5 Å². The molecule has 3 aliphatic rings. The van der Waals surface area contributed by atoms with Crippen LogP contribution in [0.4, 0.5) is 5.82 Å². The van der Waals surface area contributed by atoms with E-state index in [0.29, 0.717) is 33.2 Å². The normalized spacial score (nSPS) is 32.6.